The molecule has 4 rings (SSSR count). The summed E-state index contributed by atoms with van der Waals surface area (Å²) in [4.78, 5) is 18.6. The second kappa shape index (κ2) is 8.93. The average Bonchev–Trinajstić information content (AvgIpc) is 3.33. The van der Waals surface area contributed by atoms with Crippen molar-refractivity contribution >= 4 is 29.2 Å². The molecule has 9 heteroatoms. The third-order valence-corrected chi connectivity index (χ3v) is 5.30. The Morgan fingerprint density at radius 2 is 2.00 bits per heavy atom. The van der Waals surface area contributed by atoms with E-state index in [1.807, 2.05) is 29.8 Å². The molecule has 0 saturated carbocycles. The van der Waals surface area contributed by atoms with E-state index in [0.29, 0.717) is 29.5 Å². The molecule has 0 spiro atoms. The van der Waals surface area contributed by atoms with Crippen molar-refractivity contribution in [1.82, 2.24) is 34.1 Å². The maximum absolute atomic E-state index is 4.91. The number of aliphatic imine (C=N–C) groups is 1. The zero-order valence-electron chi connectivity index (χ0n) is 19.7. The van der Waals surface area contributed by atoms with Gasteiger partial charge in [0.2, 0.25) is 5.65 Å². The van der Waals surface area contributed by atoms with E-state index in [9.17, 15) is 0 Å². The summed E-state index contributed by atoms with van der Waals surface area (Å²) in [6.07, 6.45) is 7.29. The highest BCUT2D eigenvalue weighted by atomic mass is 15.3. The summed E-state index contributed by atoms with van der Waals surface area (Å²) in [6.45, 7) is 18.3. The number of imidazole rings is 1. The molecule has 4 aromatic heterocycles. The van der Waals surface area contributed by atoms with Crippen molar-refractivity contribution in [1.29, 1.82) is 0 Å². The van der Waals surface area contributed by atoms with Gasteiger partial charge in [0.25, 0.3) is 0 Å². The minimum absolute atomic E-state index is 0.178. The molecule has 0 atom stereocenters. The van der Waals surface area contributed by atoms with Crippen LogP contribution in [0.25, 0.3) is 28.2 Å². The van der Waals surface area contributed by atoms with Crippen molar-refractivity contribution in [2.45, 2.75) is 53.1 Å². The van der Waals surface area contributed by atoms with Crippen LogP contribution in [-0.4, -0.2) is 46.9 Å². The zero-order chi connectivity index (χ0) is 23.7. The van der Waals surface area contributed by atoms with Gasteiger partial charge in [0.15, 0.2) is 11.6 Å². The van der Waals surface area contributed by atoms with E-state index in [1.165, 1.54) is 0 Å². The number of aromatic nitrogens is 7. The summed E-state index contributed by atoms with van der Waals surface area (Å²) in [5.41, 5.74) is 4.89. The number of nitrogens with one attached hydrogen (secondary N) is 1. The van der Waals surface area contributed by atoms with Gasteiger partial charge >= 0.3 is 0 Å². The topological polar surface area (TPSA) is 98.2 Å². The lowest BCUT2D eigenvalue weighted by Crippen LogP contribution is -2.13. The predicted molar refractivity (Wildman–Crippen MR) is 133 cm³/mol. The number of hydrogen-bond donors (Lipinski definition) is 1. The van der Waals surface area contributed by atoms with Gasteiger partial charge in [-0.15, -0.1) is 10.2 Å². The normalized spacial score (nSPS) is 12.3. The molecule has 33 heavy (non-hydrogen) atoms. The van der Waals surface area contributed by atoms with Crippen LogP contribution in [0.2, 0.25) is 0 Å². The lowest BCUT2D eigenvalue weighted by molar-refractivity contribution is 0.796. The Bertz CT molecular complexity index is 1370. The molecule has 0 aliphatic rings. The van der Waals surface area contributed by atoms with Crippen molar-refractivity contribution in [3.63, 3.8) is 0 Å². The van der Waals surface area contributed by atoms with Gasteiger partial charge in [-0.1, -0.05) is 26.5 Å². The molecule has 0 saturated heterocycles. The van der Waals surface area contributed by atoms with E-state index in [0.717, 1.165) is 28.2 Å². The standard InChI is InChI=1S/C24H29N9/c1-8-9-17(25-7)12-33-21-10-18(14(2)3)26-11-19(21)29-23(33)20-13-32-16(6)30-31-24(32)22(28-20)27-15(4)5/h8-11,13-15H,1,7,12H2,2-6H3,(H,27,28)/b17-9-. The van der Waals surface area contributed by atoms with Gasteiger partial charge < -0.3 is 9.88 Å². The molecule has 0 aromatic carbocycles. The fourth-order valence-corrected chi connectivity index (χ4v) is 3.65. The first-order valence-electron chi connectivity index (χ1n) is 11.0. The number of anilines is 1. The second-order valence-electron chi connectivity index (χ2n) is 8.54. The fourth-order valence-electron chi connectivity index (χ4n) is 3.65. The summed E-state index contributed by atoms with van der Waals surface area (Å²) < 4.78 is 4.03. The highest BCUT2D eigenvalue weighted by molar-refractivity contribution is 5.80. The summed E-state index contributed by atoms with van der Waals surface area (Å²) in [5, 5.41) is 11.9. The highest BCUT2D eigenvalue weighted by Crippen LogP contribution is 2.28. The van der Waals surface area contributed by atoms with E-state index < -0.39 is 0 Å². The lowest BCUT2D eigenvalue weighted by Gasteiger charge is -2.14. The van der Waals surface area contributed by atoms with Crippen molar-refractivity contribution in [2.24, 2.45) is 4.99 Å². The van der Waals surface area contributed by atoms with Crippen LogP contribution in [0.5, 0.6) is 0 Å². The Labute approximate surface area is 193 Å². The molecule has 1 N–H and O–H groups in total. The Morgan fingerprint density at radius 3 is 2.67 bits per heavy atom. The first-order chi connectivity index (χ1) is 15.8. The summed E-state index contributed by atoms with van der Waals surface area (Å²) in [6, 6.07) is 2.26. The van der Waals surface area contributed by atoms with E-state index in [-0.39, 0.29) is 12.0 Å². The summed E-state index contributed by atoms with van der Waals surface area (Å²) in [5.74, 6) is 2.42. The number of fused-ring (bicyclic) bond motifs is 2. The molecule has 0 fully saturated rings. The van der Waals surface area contributed by atoms with Crippen LogP contribution >= 0.6 is 0 Å². The van der Waals surface area contributed by atoms with Crippen LogP contribution in [0.15, 0.2) is 47.9 Å². The Morgan fingerprint density at radius 1 is 1.21 bits per heavy atom. The minimum Gasteiger partial charge on any atom is -0.365 e. The van der Waals surface area contributed by atoms with E-state index in [1.54, 1.807) is 6.08 Å². The third-order valence-electron chi connectivity index (χ3n) is 5.30. The van der Waals surface area contributed by atoms with Crippen LogP contribution in [-0.2, 0) is 6.54 Å². The molecule has 0 bridgehead atoms. The molecule has 0 amide bonds. The minimum atomic E-state index is 0.178. The van der Waals surface area contributed by atoms with Gasteiger partial charge in [0.05, 0.1) is 24.0 Å². The number of rotatable bonds is 8. The molecule has 0 unspecified atom stereocenters. The van der Waals surface area contributed by atoms with E-state index in [2.05, 4.69) is 77.1 Å². The molecule has 0 aliphatic heterocycles. The van der Waals surface area contributed by atoms with Crippen molar-refractivity contribution < 1.29 is 0 Å². The van der Waals surface area contributed by atoms with Crippen LogP contribution in [0.4, 0.5) is 5.82 Å². The SMILES string of the molecule is C=C/C=C(/Cn1c(-c2cn3c(C)nnc3c(NC(C)C)n2)nc2cnc(C(C)C)cc21)N=C. The number of pyridine rings is 1. The maximum Gasteiger partial charge on any atom is 0.203 e. The lowest BCUT2D eigenvalue weighted by atomic mass is 10.1. The molecule has 0 radical (unpaired) electrons. The molecule has 4 heterocycles. The van der Waals surface area contributed by atoms with Crippen molar-refractivity contribution in [3.8, 4) is 11.5 Å². The van der Waals surface area contributed by atoms with Gasteiger partial charge in [0.1, 0.15) is 17.0 Å². The molecule has 0 aliphatic carbocycles. The monoisotopic (exact) mass is 443 g/mol. The summed E-state index contributed by atoms with van der Waals surface area (Å²) >= 11 is 0. The Kier molecular flexibility index (Phi) is 6.04. The average molecular weight is 444 g/mol. The van der Waals surface area contributed by atoms with Gasteiger partial charge in [-0.25, -0.2) is 9.97 Å². The molecule has 9 nitrogen and oxygen atoms in total. The first kappa shape index (κ1) is 22.3. The predicted octanol–water partition coefficient (Wildman–Crippen LogP) is 4.56. The number of aryl methyl sites for hydroxylation is 1. The largest absolute Gasteiger partial charge is 0.365 e. The quantitative estimate of drug-likeness (QED) is 0.317. The van der Waals surface area contributed by atoms with Crippen molar-refractivity contribution in [3.05, 3.63) is 54.4 Å². The van der Waals surface area contributed by atoms with Gasteiger partial charge in [-0.3, -0.25) is 14.4 Å². The number of hydrogen-bond acceptors (Lipinski definition) is 7. The smallest absolute Gasteiger partial charge is 0.203 e. The van der Waals surface area contributed by atoms with Gasteiger partial charge in [-0.2, -0.15) is 0 Å². The van der Waals surface area contributed by atoms with Crippen LogP contribution in [0.3, 0.4) is 0 Å². The Hall–Kier alpha value is -3.88. The van der Waals surface area contributed by atoms with E-state index >= 15 is 0 Å². The van der Waals surface area contributed by atoms with Crippen LogP contribution in [0, 0.1) is 6.92 Å². The molecule has 4 aromatic rings. The number of nitrogens with zero attached hydrogens (tertiary/aromatic N) is 8. The molecular formula is C24H29N9. The maximum atomic E-state index is 4.91. The summed E-state index contributed by atoms with van der Waals surface area (Å²) in [7, 11) is 0. The molecular weight excluding hydrogens is 414 g/mol. The Balaban J connectivity index is 2.00. The van der Waals surface area contributed by atoms with Crippen LogP contribution in [0.1, 0.15) is 45.1 Å². The highest BCUT2D eigenvalue weighted by Gasteiger charge is 2.20. The fraction of sp³-hybridized carbons (Fsp3) is 0.333. The van der Waals surface area contributed by atoms with Gasteiger partial charge in [0, 0.05) is 17.9 Å². The van der Waals surface area contributed by atoms with Crippen LogP contribution < -0.4 is 5.32 Å². The second-order valence-corrected chi connectivity index (χ2v) is 8.54. The first-order valence-corrected chi connectivity index (χ1v) is 11.0. The zero-order valence-corrected chi connectivity index (χ0v) is 19.7. The third kappa shape index (κ3) is 4.26. The molecule has 170 valence electrons. The number of allylic oxidation sites excluding steroid dienone is 3. The van der Waals surface area contributed by atoms with E-state index in [4.69, 9.17) is 9.97 Å². The van der Waals surface area contributed by atoms with Crippen molar-refractivity contribution in [2.75, 3.05) is 5.32 Å². The van der Waals surface area contributed by atoms with Gasteiger partial charge in [-0.05, 0) is 45.5 Å².